The topological polar surface area (TPSA) is 41.1 Å². The number of hydrogen-bond acceptors (Lipinski definition) is 4. The minimum atomic E-state index is 0.735. The van der Waals surface area contributed by atoms with E-state index in [0.717, 1.165) is 59.8 Å². The van der Waals surface area contributed by atoms with Gasteiger partial charge in [0, 0.05) is 52.8 Å². The number of fused-ring (bicyclic) bond motifs is 2. The minimum absolute atomic E-state index is 0.735. The van der Waals surface area contributed by atoms with Crippen LogP contribution in [0, 0.1) is 6.92 Å². The second-order valence-corrected chi connectivity index (χ2v) is 9.89. The highest BCUT2D eigenvalue weighted by molar-refractivity contribution is 9.10. The molecule has 0 radical (unpaired) electrons. The highest BCUT2D eigenvalue weighted by Crippen LogP contribution is 2.31. The van der Waals surface area contributed by atoms with Crippen LogP contribution in [0.4, 0.5) is 0 Å². The average molecular weight is 482 g/mol. The molecule has 0 fully saturated rings. The van der Waals surface area contributed by atoms with E-state index in [1.807, 2.05) is 6.92 Å². The first-order valence-corrected chi connectivity index (χ1v) is 11.9. The zero-order valence-electron chi connectivity index (χ0n) is 17.0. The predicted octanol–water partition coefficient (Wildman–Crippen LogP) is 6.41. The summed E-state index contributed by atoms with van der Waals surface area (Å²) in [5.74, 6) is 0.916. The third-order valence-corrected chi connectivity index (χ3v) is 7.08. The van der Waals surface area contributed by atoms with E-state index in [0.29, 0.717) is 0 Å². The molecule has 4 nitrogen and oxygen atoms in total. The van der Waals surface area contributed by atoms with Crippen molar-refractivity contribution in [3.63, 3.8) is 0 Å². The number of hydrogen-bond donors (Lipinski definition) is 1. The van der Waals surface area contributed by atoms with Crippen LogP contribution in [0.2, 0.25) is 0 Å². The van der Waals surface area contributed by atoms with Crippen molar-refractivity contribution in [1.82, 2.24) is 14.9 Å². The predicted molar refractivity (Wildman–Crippen MR) is 130 cm³/mol. The van der Waals surface area contributed by atoms with Gasteiger partial charge in [0.1, 0.15) is 5.75 Å². The molecule has 1 aliphatic heterocycles. The molecule has 0 spiro atoms. The Hall–Kier alpha value is -2.15. The zero-order valence-corrected chi connectivity index (χ0v) is 19.4. The van der Waals surface area contributed by atoms with Gasteiger partial charge in [-0.25, -0.2) is 4.98 Å². The summed E-state index contributed by atoms with van der Waals surface area (Å²) in [6.07, 6.45) is 6.64. The Kier molecular flexibility index (Phi) is 5.63. The lowest BCUT2D eigenvalue weighted by molar-refractivity contribution is 0.248. The van der Waals surface area contributed by atoms with Crippen LogP contribution >= 0.6 is 27.3 Å². The molecule has 0 aliphatic carbocycles. The standard InChI is InChI=1S/C24H24BrN3OS/c1-16-27-23-14-19(4-6-24(23)30-16)29-12-2-9-28-10-7-17(8-11-28)21-15-26-22-13-18(25)3-5-20(21)22/h3-7,13-15,26H,2,8-12H2,1H3. The molecule has 3 heterocycles. The van der Waals surface area contributed by atoms with Crippen LogP contribution in [0.15, 0.2) is 53.1 Å². The number of thiazole rings is 1. The van der Waals surface area contributed by atoms with Crippen LogP contribution in [-0.4, -0.2) is 41.1 Å². The van der Waals surface area contributed by atoms with Gasteiger partial charge in [0.2, 0.25) is 0 Å². The first-order valence-electron chi connectivity index (χ1n) is 10.3. The minimum Gasteiger partial charge on any atom is -0.493 e. The van der Waals surface area contributed by atoms with Crippen LogP contribution in [-0.2, 0) is 0 Å². The van der Waals surface area contributed by atoms with E-state index in [-0.39, 0.29) is 0 Å². The van der Waals surface area contributed by atoms with Gasteiger partial charge in [0.15, 0.2) is 0 Å². The Labute approximate surface area is 188 Å². The third-order valence-electron chi connectivity index (χ3n) is 5.64. The fourth-order valence-corrected chi connectivity index (χ4v) is 5.28. The molecule has 2 aromatic heterocycles. The molecule has 1 aliphatic rings. The molecule has 6 heteroatoms. The number of ether oxygens (including phenoxy) is 1. The first kappa shape index (κ1) is 19.8. The average Bonchev–Trinajstić information content (AvgIpc) is 3.33. The monoisotopic (exact) mass is 481 g/mol. The molecule has 0 saturated carbocycles. The number of H-pyrrole nitrogens is 1. The van der Waals surface area contributed by atoms with Crippen molar-refractivity contribution in [3.8, 4) is 5.75 Å². The highest BCUT2D eigenvalue weighted by atomic mass is 79.9. The maximum atomic E-state index is 5.97. The molecule has 30 heavy (non-hydrogen) atoms. The molecule has 154 valence electrons. The summed E-state index contributed by atoms with van der Waals surface area (Å²) < 4.78 is 8.30. The molecule has 0 bridgehead atoms. The number of nitrogens with one attached hydrogen (secondary N) is 1. The van der Waals surface area contributed by atoms with Gasteiger partial charge in [-0.2, -0.15) is 0 Å². The Morgan fingerprint density at radius 3 is 3.03 bits per heavy atom. The van der Waals surface area contributed by atoms with Gasteiger partial charge < -0.3 is 9.72 Å². The summed E-state index contributed by atoms with van der Waals surface area (Å²) in [6, 6.07) is 12.7. The largest absolute Gasteiger partial charge is 0.493 e. The molecule has 1 N–H and O–H groups in total. The fourth-order valence-electron chi connectivity index (χ4n) is 4.11. The van der Waals surface area contributed by atoms with Crippen molar-refractivity contribution in [2.75, 3.05) is 26.2 Å². The number of rotatable bonds is 6. The van der Waals surface area contributed by atoms with Gasteiger partial charge in [0.05, 0.1) is 21.8 Å². The molecule has 0 amide bonds. The number of aromatic amines is 1. The highest BCUT2D eigenvalue weighted by Gasteiger charge is 2.15. The lowest BCUT2D eigenvalue weighted by atomic mass is 9.99. The quantitative estimate of drug-likeness (QED) is 0.323. The van der Waals surface area contributed by atoms with Gasteiger partial charge in [-0.15, -0.1) is 11.3 Å². The molecular formula is C24H24BrN3OS. The number of benzene rings is 2. The summed E-state index contributed by atoms with van der Waals surface area (Å²) in [4.78, 5) is 10.5. The van der Waals surface area contributed by atoms with Crippen molar-refractivity contribution in [3.05, 3.63) is 63.7 Å². The van der Waals surface area contributed by atoms with Crippen molar-refractivity contribution >= 4 is 54.0 Å². The van der Waals surface area contributed by atoms with Crippen LogP contribution in [0.25, 0.3) is 26.7 Å². The van der Waals surface area contributed by atoms with Gasteiger partial charge >= 0.3 is 0 Å². The van der Waals surface area contributed by atoms with Crippen LogP contribution in [0.3, 0.4) is 0 Å². The fraction of sp³-hybridized carbons (Fsp3) is 0.292. The normalized spacial score (nSPS) is 15.1. The van der Waals surface area contributed by atoms with Gasteiger partial charge in [-0.05, 0) is 49.6 Å². The van der Waals surface area contributed by atoms with Crippen molar-refractivity contribution in [1.29, 1.82) is 0 Å². The number of aryl methyl sites for hydroxylation is 1. The van der Waals surface area contributed by atoms with Gasteiger partial charge in [-0.3, -0.25) is 4.90 Å². The Morgan fingerprint density at radius 2 is 2.17 bits per heavy atom. The summed E-state index contributed by atoms with van der Waals surface area (Å²) in [6.45, 7) is 5.94. The van der Waals surface area contributed by atoms with E-state index in [9.17, 15) is 0 Å². The van der Waals surface area contributed by atoms with Crippen molar-refractivity contribution < 1.29 is 4.74 Å². The first-order chi connectivity index (χ1) is 14.7. The third kappa shape index (κ3) is 4.17. The Morgan fingerprint density at radius 1 is 1.23 bits per heavy atom. The molecule has 0 atom stereocenters. The maximum Gasteiger partial charge on any atom is 0.121 e. The van der Waals surface area contributed by atoms with E-state index in [4.69, 9.17) is 4.74 Å². The van der Waals surface area contributed by atoms with Crippen LogP contribution < -0.4 is 4.74 Å². The van der Waals surface area contributed by atoms with Crippen molar-refractivity contribution in [2.45, 2.75) is 19.8 Å². The number of aromatic nitrogens is 2. The smallest absolute Gasteiger partial charge is 0.121 e. The van der Waals surface area contributed by atoms with Crippen molar-refractivity contribution in [2.24, 2.45) is 0 Å². The van der Waals surface area contributed by atoms with Crippen LogP contribution in [0.5, 0.6) is 5.75 Å². The van der Waals surface area contributed by atoms with E-state index in [1.54, 1.807) is 11.3 Å². The summed E-state index contributed by atoms with van der Waals surface area (Å²) in [5.41, 5.74) is 5.01. The van der Waals surface area contributed by atoms with E-state index >= 15 is 0 Å². The van der Waals surface area contributed by atoms with E-state index < -0.39 is 0 Å². The van der Waals surface area contributed by atoms with E-state index in [1.165, 1.54) is 26.7 Å². The number of halogens is 1. The zero-order chi connectivity index (χ0) is 20.5. The Balaban J connectivity index is 1.13. The van der Waals surface area contributed by atoms with Crippen LogP contribution in [0.1, 0.15) is 23.4 Å². The molecular weight excluding hydrogens is 458 g/mol. The lowest BCUT2D eigenvalue weighted by Gasteiger charge is -2.26. The van der Waals surface area contributed by atoms with E-state index in [2.05, 4.69) is 79.5 Å². The summed E-state index contributed by atoms with van der Waals surface area (Å²) in [7, 11) is 0. The Bertz CT molecular complexity index is 1230. The second-order valence-electron chi connectivity index (χ2n) is 7.74. The summed E-state index contributed by atoms with van der Waals surface area (Å²) >= 11 is 5.27. The second kappa shape index (κ2) is 8.53. The van der Waals surface area contributed by atoms with Gasteiger partial charge in [-0.1, -0.05) is 28.1 Å². The molecule has 0 saturated heterocycles. The summed E-state index contributed by atoms with van der Waals surface area (Å²) in [5, 5.41) is 2.40. The molecule has 5 rings (SSSR count). The molecule has 0 unspecified atom stereocenters. The lowest BCUT2D eigenvalue weighted by Crippen LogP contribution is -2.30. The molecule has 4 aromatic rings. The maximum absolute atomic E-state index is 5.97. The number of nitrogens with zero attached hydrogens (tertiary/aromatic N) is 2. The molecule has 2 aromatic carbocycles. The van der Waals surface area contributed by atoms with Gasteiger partial charge in [0.25, 0.3) is 0 Å². The SMILES string of the molecule is Cc1nc2cc(OCCCN3CC=C(c4c[nH]c5cc(Br)ccc45)CC3)ccc2s1.